The highest BCUT2D eigenvalue weighted by molar-refractivity contribution is 5.72. The van der Waals surface area contributed by atoms with Crippen LogP contribution in [0.2, 0.25) is 0 Å². The first-order valence-electron chi connectivity index (χ1n) is 10.6. The molecule has 3 aromatic rings. The second-order valence-corrected chi connectivity index (χ2v) is 7.64. The fourth-order valence-corrected chi connectivity index (χ4v) is 3.55. The summed E-state index contributed by atoms with van der Waals surface area (Å²) in [6.45, 7) is 1.93. The van der Waals surface area contributed by atoms with Gasteiger partial charge in [-0.05, 0) is 81.0 Å². The van der Waals surface area contributed by atoms with Crippen molar-refractivity contribution in [2.45, 2.75) is 58.2 Å². The van der Waals surface area contributed by atoms with Crippen LogP contribution in [0.1, 0.15) is 49.4 Å². The monoisotopic (exact) mass is 422 g/mol. The highest BCUT2D eigenvalue weighted by atomic mass is 16.5. The van der Waals surface area contributed by atoms with Crippen LogP contribution in [0, 0.1) is 6.92 Å². The molecule has 2 aromatic carbocycles. The molecule has 7 heteroatoms. The standard InChI is InChI=1S/C24H26N2O5/c1-17-25-23(31-26-17)16-28-19-10-12-21(13-11-19)30-24(27)14-9-18-5-4-8-22(15-18)29-20-6-2-3-7-20/h4-5,8,10-13,15,20H,2-3,6-7,9,14,16H2,1H3. The summed E-state index contributed by atoms with van der Waals surface area (Å²) >= 11 is 0. The number of carbonyl (C=O) groups excluding carboxylic acids is 1. The maximum absolute atomic E-state index is 12.2. The van der Waals surface area contributed by atoms with Crippen LogP contribution in [0.3, 0.4) is 0 Å². The van der Waals surface area contributed by atoms with Crippen molar-refractivity contribution in [3.8, 4) is 17.2 Å². The van der Waals surface area contributed by atoms with Gasteiger partial charge in [-0.3, -0.25) is 4.79 Å². The molecule has 4 rings (SSSR count). The predicted octanol–water partition coefficient (Wildman–Crippen LogP) is 4.82. The molecular weight excluding hydrogens is 396 g/mol. The summed E-state index contributed by atoms with van der Waals surface area (Å²) in [6.07, 6.45) is 5.94. The third kappa shape index (κ3) is 6.31. The van der Waals surface area contributed by atoms with Gasteiger partial charge in [-0.25, -0.2) is 0 Å². The van der Waals surface area contributed by atoms with Crippen LogP contribution in [0.4, 0.5) is 0 Å². The normalized spacial score (nSPS) is 13.8. The van der Waals surface area contributed by atoms with Crippen molar-refractivity contribution in [1.29, 1.82) is 0 Å². The summed E-state index contributed by atoms with van der Waals surface area (Å²) in [6, 6.07) is 14.8. The van der Waals surface area contributed by atoms with Crippen LogP contribution in [0.25, 0.3) is 0 Å². The van der Waals surface area contributed by atoms with E-state index in [1.165, 1.54) is 12.8 Å². The average Bonchev–Trinajstić information content (AvgIpc) is 3.44. The Morgan fingerprint density at radius 1 is 1.06 bits per heavy atom. The van der Waals surface area contributed by atoms with E-state index in [9.17, 15) is 4.79 Å². The molecule has 1 fully saturated rings. The quantitative estimate of drug-likeness (QED) is 0.361. The number of aromatic nitrogens is 2. The van der Waals surface area contributed by atoms with Crippen LogP contribution >= 0.6 is 0 Å². The number of esters is 1. The lowest BCUT2D eigenvalue weighted by Gasteiger charge is -2.13. The van der Waals surface area contributed by atoms with E-state index in [4.69, 9.17) is 18.7 Å². The van der Waals surface area contributed by atoms with Gasteiger partial charge in [0.15, 0.2) is 12.4 Å². The summed E-state index contributed by atoms with van der Waals surface area (Å²) in [5.74, 6) is 2.67. The van der Waals surface area contributed by atoms with E-state index in [0.29, 0.717) is 42.2 Å². The lowest BCUT2D eigenvalue weighted by Crippen LogP contribution is -2.11. The van der Waals surface area contributed by atoms with Crippen molar-refractivity contribution < 1.29 is 23.5 Å². The first-order valence-corrected chi connectivity index (χ1v) is 10.6. The molecule has 1 aromatic heterocycles. The Bertz CT molecular complexity index is 993. The molecule has 1 aliphatic rings. The third-order valence-electron chi connectivity index (χ3n) is 5.11. The first kappa shape index (κ1) is 20.9. The van der Waals surface area contributed by atoms with Gasteiger partial charge in [0.2, 0.25) is 0 Å². The average molecular weight is 422 g/mol. The van der Waals surface area contributed by atoms with Gasteiger partial charge in [0, 0.05) is 6.42 Å². The van der Waals surface area contributed by atoms with Gasteiger partial charge in [-0.2, -0.15) is 4.98 Å². The van der Waals surface area contributed by atoms with E-state index < -0.39 is 0 Å². The SMILES string of the molecule is Cc1noc(COc2ccc(OC(=O)CCc3cccc(OC4CCCC4)c3)cc2)n1. The van der Waals surface area contributed by atoms with Crippen molar-refractivity contribution in [2.75, 3.05) is 0 Å². The minimum atomic E-state index is -0.280. The molecule has 0 saturated heterocycles. The molecule has 31 heavy (non-hydrogen) atoms. The largest absolute Gasteiger partial charge is 0.490 e. The van der Waals surface area contributed by atoms with Crippen molar-refractivity contribution >= 4 is 5.97 Å². The number of aryl methyl sites for hydroxylation is 2. The van der Waals surface area contributed by atoms with Crippen molar-refractivity contribution in [2.24, 2.45) is 0 Å². The smallest absolute Gasteiger partial charge is 0.311 e. The van der Waals surface area contributed by atoms with Crippen LogP contribution in [-0.2, 0) is 17.8 Å². The zero-order valence-corrected chi connectivity index (χ0v) is 17.6. The highest BCUT2D eigenvalue weighted by Gasteiger charge is 2.16. The lowest BCUT2D eigenvalue weighted by molar-refractivity contribution is -0.134. The van der Waals surface area contributed by atoms with Crippen molar-refractivity contribution in [3.63, 3.8) is 0 Å². The minimum absolute atomic E-state index is 0.184. The molecule has 0 unspecified atom stereocenters. The number of nitrogens with zero attached hydrogens (tertiary/aromatic N) is 2. The number of rotatable bonds is 9. The summed E-state index contributed by atoms with van der Waals surface area (Å²) < 4.78 is 22.0. The molecule has 0 amide bonds. The fourth-order valence-electron chi connectivity index (χ4n) is 3.55. The molecule has 0 atom stereocenters. The van der Waals surface area contributed by atoms with E-state index >= 15 is 0 Å². The van der Waals surface area contributed by atoms with E-state index in [1.807, 2.05) is 24.3 Å². The summed E-state index contributed by atoms with van der Waals surface area (Å²) in [5.41, 5.74) is 1.06. The first-order chi connectivity index (χ1) is 15.1. The molecule has 0 bridgehead atoms. The predicted molar refractivity (Wildman–Crippen MR) is 113 cm³/mol. The summed E-state index contributed by atoms with van der Waals surface area (Å²) in [5, 5.41) is 3.71. The maximum atomic E-state index is 12.2. The van der Waals surface area contributed by atoms with Gasteiger partial charge in [-0.1, -0.05) is 17.3 Å². The molecule has 0 N–H and O–H groups in total. The Labute approximate surface area is 181 Å². The van der Waals surface area contributed by atoms with Crippen molar-refractivity contribution in [3.05, 3.63) is 65.8 Å². The Kier molecular flexibility index (Phi) is 6.82. The Morgan fingerprint density at radius 3 is 2.58 bits per heavy atom. The molecule has 0 aliphatic heterocycles. The zero-order chi connectivity index (χ0) is 21.5. The maximum Gasteiger partial charge on any atom is 0.311 e. The van der Waals surface area contributed by atoms with Crippen LogP contribution in [-0.4, -0.2) is 22.2 Å². The molecule has 0 radical (unpaired) electrons. The number of benzene rings is 2. The van der Waals surface area contributed by atoms with Crippen LogP contribution < -0.4 is 14.2 Å². The highest BCUT2D eigenvalue weighted by Crippen LogP contribution is 2.25. The lowest BCUT2D eigenvalue weighted by atomic mass is 10.1. The minimum Gasteiger partial charge on any atom is -0.490 e. The van der Waals surface area contributed by atoms with Gasteiger partial charge in [0.25, 0.3) is 5.89 Å². The van der Waals surface area contributed by atoms with E-state index in [1.54, 1.807) is 31.2 Å². The van der Waals surface area contributed by atoms with Crippen LogP contribution in [0.15, 0.2) is 53.1 Å². The molecule has 1 aliphatic carbocycles. The van der Waals surface area contributed by atoms with Crippen LogP contribution in [0.5, 0.6) is 17.2 Å². The fraction of sp³-hybridized carbons (Fsp3) is 0.375. The Hall–Kier alpha value is -3.35. The topological polar surface area (TPSA) is 83.7 Å². The van der Waals surface area contributed by atoms with Gasteiger partial charge in [0.1, 0.15) is 17.2 Å². The second-order valence-electron chi connectivity index (χ2n) is 7.64. The Balaban J connectivity index is 1.22. The number of carbonyl (C=O) groups is 1. The molecule has 1 saturated carbocycles. The van der Waals surface area contributed by atoms with Crippen molar-refractivity contribution in [1.82, 2.24) is 10.1 Å². The van der Waals surface area contributed by atoms with E-state index in [-0.39, 0.29) is 12.6 Å². The number of hydrogen-bond donors (Lipinski definition) is 0. The summed E-state index contributed by atoms with van der Waals surface area (Å²) in [7, 11) is 0. The Morgan fingerprint density at radius 2 is 1.84 bits per heavy atom. The number of ether oxygens (including phenoxy) is 3. The zero-order valence-electron chi connectivity index (χ0n) is 17.6. The van der Waals surface area contributed by atoms with E-state index in [0.717, 1.165) is 24.2 Å². The second kappa shape index (κ2) is 10.1. The molecular formula is C24H26N2O5. The molecule has 1 heterocycles. The summed E-state index contributed by atoms with van der Waals surface area (Å²) in [4.78, 5) is 16.3. The van der Waals surface area contributed by atoms with Gasteiger partial charge in [0.05, 0.1) is 6.10 Å². The molecule has 162 valence electrons. The molecule has 7 nitrogen and oxygen atoms in total. The van der Waals surface area contributed by atoms with Gasteiger partial charge in [-0.15, -0.1) is 0 Å². The molecule has 0 spiro atoms. The number of hydrogen-bond acceptors (Lipinski definition) is 7. The third-order valence-corrected chi connectivity index (χ3v) is 5.11. The van der Waals surface area contributed by atoms with Gasteiger partial charge >= 0.3 is 5.97 Å². The van der Waals surface area contributed by atoms with Gasteiger partial charge < -0.3 is 18.7 Å². The van der Waals surface area contributed by atoms with E-state index in [2.05, 4.69) is 10.1 Å².